The molecule has 36 heavy (non-hydrogen) atoms. The summed E-state index contributed by atoms with van der Waals surface area (Å²) in [6.07, 6.45) is -0.701. The van der Waals surface area contributed by atoms with Gasteiger partial charge in [0.05, 0.1) is 0 Å². The first-order chi connectivity index (χ1) is 17.2. The predicted octanol–water partition coefficient (Wildman–Crippen LogP) is 3.58. The maximum atomic E-state index is 13.6. The average molecular weight is 502 g/mol. The van der Waals surface area contributed by atoms with Crippen molar-refractivity contribution in [3.8, 4) is 0 Å². The lowest BCUT2D eigenvalue weighted by molar-refractivity contribution is -0.248. The minimum absolute atomic E-state index is 0.120. The van der Waals surface area contributed by atoms with Crippen LogP contribution in [0.5, 0.6) is 0 Å². The molecule has 3 heterocycles. The van der Waals surface area contributed by atoms with Crippen LogP contribution in [0.4, 0.5) is 18.9 Å². The SMILES string of the molecule is O=C(NO)c1ccc(Cn2ccc3c(N4CCN(C(=O)C5(C(F)(F)F)CCC5)CC4)ccnc32)cc1. The van der Waals surface area contributed by atoms with Crippen molar-refractivity contribution in [2.45, 2.75) is 32.0 Å². The highest BCUT2D eigenvalue weighted by Gasteiger charge is 2.64. The fourth-order valence-corrected chi connectivity index (χ4v) is 5.10. The number of hydroxylamine groups is 1. The smallest absolute Gasteiger partial charge is 0.367 e. The Kier molecular flexibility index (Phi) is 6.11. The third kappa shape index (κ3) is 4.06. The number of rotatable bonds is 5. The molecule has 1 aromatic carbocycles. The maximum absolute atomic E-state index is 13.6. The number of carbonyl (C=O) groups excluding carboxylic acids is 2. The van der Waals surface area contributed by atoms with Crippen molar-refractivity contribution in [1.29, 1.82) is 0 Å². The summed E-state index contributed by atoms with van der Waals surface area (Å²) in [6.45, 7) is 1.89. The van der Waals surface area contributed by atoms with Crippen LogP contribution < -0.4 is 10.4 Å². The van der Waals surface area contributed by atoms with Crippen LogP contribution in [0.3, 0.4) is 0 Å². The van der Waals surface area contributed by atoms with Gasteiger partial charge < -0.3 is 14.4 Å². The predicted molar refractivity (Wildman–Crippen MR) is 126 cm³/mol. The van der Waals surface area contributed by atoms with E-state index in [1.807, 2.05) is 22.9 Å². The number of fused-ring (bicyclic) bond motifs is 1. The van der Waals surface area contributed by atoms with Crippen LogP contribution in [-0.2, 0) is 11.3 Å². The lowest BCUT2D eigenvalue weighted by Gasteiger charge is -2.46. The Bertz CT molecular complexity index is 1280. The highest BCUT2D eigenvalue weighted by molar-refractivity contribution is 5.93. The van der Waals surface area contributed by atoms with Gasteiger partial charge in [-0.1, -0.05) is 18.6 Å². The van der Waals surface area contributed by atoms with Crippen LogP contribution in [0, 0.1) is 5.41 Å². The third-order valence-corrected chi connectivity index (χ3v) is 7.38. The Hall–Kier alpha value is -3.60. The summed E-state index contributed by atoms with van der Waals surface area (Å²) in [5, 5.41) is 9.68. The molecule has 5 rings (SSSR count). The normalized spacial score (nSPS) is 17.7. The number of alkyl halides is 3. The number of nitrogens with zero attached hydrogens (tertiary/aromatic N) is 4. The van der Waals surface area contributed by atoms with Gasteiger partial charge in [0.15, 0.2) is 0 Å². The number of benzene rings is 1. The number of halogens is 3. The minimum Gasteiger partial charge on any atom is -0.367 e. The molecule has 1 aliphatic heterocycles. The van der Waals surface area contributed by atoms with Crippen LogP contribution >= 0.6 is 0 Å². The fourth-order valence-electron chi connectivity index (χ4n) is 5.10. The number of aromatic nitrogens is 2. The number of hydrogen-bond donors (Lipinski definition) is 2. The number of carbonyl (C=O) groups is 2. The van der Waals surface area contributed by atoms with Crippen LogP contribution in [0.25, 0.3) is 11.0 Å². The molecule has 2 aliphatic rings. The lowest BCUT2D eigenvalue weighted by Crippen LogP contribution is -2.59. The molecule has 1 aliphatic carbocycles. The molecule has 0 spiro atoms. The molecule has 1 saturated heterocycles. The zero-order chi connectivity index (χ0) is 25.5. The van der Waals surface area contributed by atoms with E-state index in [1.54, 1.807) is 35.9 Å². The molecule has 0 unspecified atom stereocenters. The van der Waals surface area contributed by atoms with Crippen LogP contribution in [-0.4, -0.2) is 63.8 Å². The Morgan fingerprint density at radius 1 is 1.03 bits per heavy atom. The Morgan fingerprint density at radius 3 is 2.31 bits per heavy atom. The molecule has 3 aromatic rings. The van der Waals surface area contributed by atoms with E-state index >= 15 is 0 Å². The van der Waals surface area contributed by atoms with Gasteiger partial charge in [-0.2, -0.15) is 13.2 Å². The van der Waals surface area contributed by atoms with E-state index in [-0.39, 0.29) is 25.9 Å². The molecule has 0 bridgehead atoms. The van der Waals surface area contributed by atoms with E-state index in [0.29, 0.717) is 31.6 Å². The molecule has 2 N–H and O–H groups in total. The minimum atomic E-state index is -4.51. The molecule has 2 aromatic heterocycles. The first kappa shape index (κ1) is 24.1. The number of amides is 2. The van der Waals surface area contributed by atoms with E-state index in [1.165, 1.54) is 4.90 Å². The first-order valence-electron chi connectivity index (χ1n) is 11.8. The second-order valence-corrected chi connectivity index (χ2v) is 9.36. The first-order valence-corrected chi connectivity index (χ1v) is 11.8. The monoisotopic (exact) mass is 501 g/mol. The van der Waals surface area contributed by atoms with Crippen LogP contribution in [0.2, 0.25) is 0 Å². The number of pyridine rings is 1. The highest BCUT2D eigenvalue weighted by atomic mass is 19.4. The van der Waals surface area contributed by atoms with Gasteiger partial charge in [0.2, 0.25) is 5.91 Å². The van der Waals surface area contributed by atoms with Gasteiger partial charge in [0.1, 0.15) is 11.1 Å². The lowest BCUT2D eigenvalue weighted by atomic mass is 9.67. The Balaban J connectivity index is 1.29. The van der Waals surface area contributed by atoms with Crippen molar-refractivity contribution in [2.24, 2.45) is 5.41 Å². The second kappa shape index (κ2) is 9.12. The molecular weight excluding hydrogens is 475 g/mol. The summed E-state index contributed by atoms with van der Waals surface area (Å²) in [5.41, 5.74) is 2.38. The molecule has 1 saturated carbocycles. The Morgan fingerprint density at radius 2 is 1.72 bits per heavy atom. The summed E-state index contributed by atoms with van der Waals surface area (Å²) in [4.78, 5) is 32.3. The number of hydrogen-bond acceptors (Lipinski definition) is 5. The summed E-state index contributed by atoms with van der Waals surface area (Å²) >= 11 is 0. The number of piperazine rings is 1. The summed E-state index contributed by atoms with van der Waals surface area (Å²) in [7, 11) is 0. The van der Waals surface area contributed by atoms with Gasteiger partial charge in [0, 0.05) is 61.8 Å². The molecular formula is C25H26F3N5O3. The molecule has 190 valence electrons. The Labute approximate surface area is 205 Å². The topological polar surface area (TPSA) is 90.7 Å². The third-order valence-electron chi connectivity index (χ3n) is 7.38. The van der Waals surface area contributed by atoms with Gasteiger partial charge in [-0.25, -0.2) is 10.5 Å². The van der Waals surface area contributed by atoms with Crippen molar-refractivity contribution < 1.29 is 28.0 Å². The average Bonchev–Trinajstić information content (AvgIpc) is 3.25. The molecule has 0 radical (unpaired) electrons. The van der Waals surface area contributed by atoms with Crippen molar-refractivity contribution in [3.63, 3.8) is 0 Å². The molecule has 8 nitrogen and oxygen atoms in total. The van der Waals surface area contributed by atoms with E-state index < -0.39 is 23.4 Å². The number of anilines is 1. The van der Waals surface area contributed by atoms with Gasteiger partial charge >= 0.3 is 6.18 Å². The second-order valence-electron chi connectivity index (χ2n) is 9.36. The van der Waals surface area contributed by atoms with E-state index in [4.69, 9.17) is 5.21 Å². The van der Waals surface area contributed by atoms with Crippen molar-refractivity contribution in [3.05, 3.63) is 59.9 Å². The quantitative estimate of drug-likeness (QED) is 0.412. The van der Waals surface area contributed by atoms with Crippen molar-refractivity contribution >= 4 is 28.5 Å². The largest absolute Gasteiger partial charge is 0.403 e. The van der Waals surface area contributed by atoms with Gasteiger partial charge in [-0.3, -0.25) is 14.8 Å². The summed E-state index contributed by atoms with van der Waals surface area (Å²) in [6, 6.07) is 10.7. The van der Waals surface area contributed by atoms with Crippen molar-refractivity contribution in [2.75, 3.05) is 31.1 Å². The van der Waals surface area contributed by atoms with Gasteiger partial charge in [-0.15, -0.1) is 0 Å². The van der Waals surface area contributed by atoms with Gasteiger partial charge in [-0.05, 0) is 42.7 Å². The highest BCUT2D eigenvalue weighted by Crippen LogP contribution is 2.54. The molecule has 11 heteroatoms. The molecule has 2 amide bonds. The molecule has 2 fully saturated rings. The standard InChI is InChI=1S/C25H26F3N5O3/c26-25(27,28)24(8-1-9-24)23(35)32-14-12-31(13-15-32)20-6-10-29-21-19(20)7-11-33(21)16-17-2-4-18(5-3-17)22(34)30-36/h2-7,10-11,36H,1,8-9,12-16H2,(H,30,34). The van der Waals surface area contributed by atoms with Crippen LogP contribution in [0.15, 0.2) is 48.8 Å². The number of nitrogens with one attached hydrogen (secondary N) is 1. The van der Waals surface area contributed by atoms with Crippen LogP contribution in [0.1, 0.15) is 35.2 Å². The summed E-state index contributed by atoms with van der Waals surface area (Å²) < 4.78 is 42.8. The molecule has 0 atom stereocenters. The maximum Gasteiger partial charge on any atom is 0.403 e. The van der Waals surface area contributed by atoms with E-state index in [9.17, 15) is 22.8 Å². The van der Waals surface area contributed by atoms with E-state index in [0.717, 1.165) is 22.3 Å². The van der Waals surface area contributed by atoms with Gasteiger partial charge in [0.25, 0.3) is 5.91 Å². The fraction of sp³-hybridized carbons (Fsp3) is 0.400. The van der Waals surface area contributed by atoms with Crippen molar-refractivity contribution in [1.82, 2.24) is 19.9 Å². The zero-order valence-electron chi connectivity index (χ0n) is 19.5. The van der Waals surface area contributed by atoms with E-state index in [2.05, 4.69) is 9.88 Å². The zero-order valence-corrected chi connectivity index (χ0v) is 19.5. The summed E-state index contributed by atoms with van der Waals surface area (Å²) in [5.74, 6) is -1.36.